The molecule has 4 aromatic rings. The Balaban J connectivity index is 1.75. The summed E-state index contributed by atoms with van der Waals surface area (Å²) in [5, 5.41) is 12.0. The Morgan fingerprint density at radius 3 is 2.53 bits per heavy atom. The smallest absolute Gasteiger partial charge is 0.291 e. The molecule has 0 saturated heterocycles. The van der Waals surface area contributed by atoms with Gasteiger partial charge >= 0.3 is 0 Å². The van der Waals surface area contributed by atoms with Crippen molar-refractivity contribution in [1.82, 2.24) is 4.90 Å². The number of benzene rings is 3. The highest BCUT2D eigenvalue weighted by molar-refractivity contribution is 6.31. The topological polar surface area (TPSA) is 93.7 Å². The molecule has 0 bridgehead atoms. The lowest BCUT2D eigenvalue weighted by atomic mass is 9.98. The predicted molar refractivity (Wildman–Crippen MR) is 119 cm³/mol. The van der Waals surface area contributed by atoms with Crippen LogP contribution in [-0.4, -0.2) is 15.7 Å². The van der Waals surface area contributed by atoms with E-state index in [4.69, 9.17) is 16.0 Å². The second-order valence-electron chi connectivity index (χ2n) is 7.49. The van der Waals surface area contributed by atoms with Crippen LogP contribution in [0.2, 0.25) is 5.02 Å². The molecule has 1 aliphatic rings. The van der Waals surface area contributed by atoms with Gasteiger partial charge in [0.15, 0.2) is 5.43 Å². The molecule has 1 atom stereocenters. The van der Waals surface area contributed by atoms with Crippen LogP contribution < -0.4 is 5.43 Å². The second kappa shape index (κ2) is 7.62. The molecule has 0 saturated carbocycles. The van der Waals surface area contributed by atoms with Crippen molar-refractivity contribution in [3.05, 3.63) is 121 Å². The lowest BCUT2D eigenvalue weighted by Crippen LogP contribution is -2.29. The highest BCUT2D eigenvalue weighted by Gasteiger charge is 2.43. The minimum Gasteiger partial charge on any atom is -0.450 e. The van der Waals surface area contributed by atoms with Crippen LogP contribution in [0.3, 0.4) is 0 Å². The first-order chi connectivity index (χ1) is 15.4. The zero-order valence-electron chi connectivity index (χ0n) is 16.5. The van der Waals surface area contributed by atoms with E-state index in [1.807, 2.05) is 30.3 Å². The average molecular weight is 447 g/mol. The lowest BCUT2D eigenvalue weighted by molar-refractivity contribution is -0.384. The molecule has 0 N–H and O–H groups in total. The molecule has 0 radical (unpaired) electrons. The molecule has 3 aromatic carbocycles. The summed E-state index contributed by atoms with van der Waals surface area (Å²) >= 11 is 6.08. The molecule has 1 amide bonds. The number of fused-ring (bicyclic) bond motifs is 2. The van der Waals surface area contributed by atoms with E-state index >= 15 is 0 Å². The summed E-state index contributed by atoms with van der Waals surface area (Å²) in [5.41, 5.74) is 1.20. The molecule has 8 heteroatoms. The van der Waals surface area contributed by atoms with Crippen LogP contribution in [-0.2, 0) is 6.54 Å². The zero-order valence-corrected chi connectivity index (χ0v) is 17.3. The van der Waals surface area contributed by atoms with Gasteiger partial charge in [0.05, 0.1) is 21.9 Å². The van der Waals surface area contributed by atoms with Crippen molar-refractivity contribution in [2.24, 2.45) is 0 Å². The van der Waals surface area contributed by atoms with Crippen LogP contribution in [0.1, 0.15) is 33.3 Å². The molecular formula is C24H15ClN2O5. The number of halogens is 1. The summed E-state index contributed by atoms with van der Waals surface area (Å²) in [4.78, 5) is 39.2. The Labute approximate surface area is 186 Å². The number of non-ortho nitro benzene ring substituents is 1. The van der Waals surface area contributed by atoms with Gasteiger partial charge in [-0.25, -0.2) is 0 Å². The van der Waals surface area contributed by atoms with E-state index in [1.54, 1.807) is 18.2 Å². The third kappa shape index (κ3) is 3.23. The van der Waals surface area contributed by atoms with Gasteiger partial charge in [0.1, 0.15) is 5.58 Å². The maximum atomic E-state index is 13.5. The fourth-order valence-electron chi connectivity index (χ4n) is 4.09. The third-order valence-electron chi connectivity index (χ3n) is 5.52. The molecule has 158 valence electrons. The van der Waals surface area contributed by atoms with Crippen molar-refractivity contribution in [1.29, 1.82) is 0 Å². The van der Waals surface area contributed by atoms with Crippen molar-refractivity contribution >= 4 is 34.2 Å². The van der Waals surface area contributed by atoms with Crippen molar-refractivity contribution in [3.63, 3.8) is 0 Å². The van der Waals surface area contributed by atoms with Gasteiger partial charge in [0.25, 0.3) is 11.6 Å². The van der Waals surface area contributed by atoms with Crippen LogP contribution in [0.25, 0.3) is 11.0 Å². The number of nitro groups is 1. The summed E-state index contributed by atoms with van der Waals surface area (Å²) in [5.74, 6) is -0.508. The fourth-order valence-corrected chi connectivity index (χ4v) is 4.26. The van der Waals surface area contributed by atoms with Gasteiger partial charge in [-0.3, -0.25) is 19.7 Å². The van der Waals surface area contributed by atoms with Gasteiger partial charge in [-0.1, -0.05) is 54.1 Å². The van der Waals surface area contributed by atoms with Gasteiger partial charge in [0.2, 0.25) is 5.76 Å². The van der Waals surface area contributed by atoms with E-state index in [0.717, 1.165) is 5.56 Å². The van der Waals surface area contributed by atoms with Gasteiger partial charge < -0.3 is 9.32 Å². The summed E-state index contributed by atoms with van der Waals surface area (Å²) in [7, 11) is 0. The largest absolute Gasteiger partial charge is 0.450 e. The summed E-state index contributed by atoms with van der Waals surface area (Å²) in [6.45, 7) is 0.202. The number of nitrogens with zero attached hydrogens (tertiary/aromatic N) is 2. The number of carbonyl (C=O) groups excluding carboxylic acids is 1. The van der Waals surface area contributed by atoms with Gasteiger partial charge in [-0.15, -0.1) is 0 Å². The van der Waals surface area contributed by atoms with E-state index in [0.29, 0.717) is 10.6 Å². The van der Waals surface area contributed by atoms with Crippen LogP contribution in [0, 0.1) is 10.1 Å². The Kier molecular flexibility index (Phi) is 4.75. The van der Waals surface area contributed by atoms with Crippen molar-refractivity contribution < 1.29 is 14.1 Å². The van der Waals surface area contributed by atoms with E-state index in [9.17, 15) is 19.7 Å². The molecule has 5 rings (SSSR count). The maximum absolute atomic E-state index is 13.5. The third-order valence-corrected chi connectivity index (χ3v) is 5.76. The predicted octanol–water partition coefficient (Wildman–Crippen LogP) is 5.10. The van der Waals surface area contributed by atoms with E-state index in [1.165, 1.54) is 29.2 Å². The van der Waals surface area contributed by atoms with Gasteiger partial charge in [-0.05, 0) is 29.3 Å². The van der Waals surface area contributed by atoms with Crippen LogP contribution >= 0.6 is 11.6 Å². The first-order valence-corrected chi connectivity index (χ1v) is 10.2. The standard InChI is InChI=1S/C24H15ClN2O5/c25-16-9-10-19-18(12-16)22(28)20-21(15-7-4-8-17(11-15)27(30)31)26(24(29)23(20)32-19)13-14-5-2-1-3-6-14/h1-12,21H,13H2/t21-/m0/s1. The van der Waals surface area contributed by atoms with E-state index < -0.39 is 16.9 Å². The van der Waals surface area contributed by atoms with Crippen LogP contribution in [0.4, 0.5) is 5.69 Å². The summed E-state index contributed by atoms with van der Waals surface area (Å²) in [6.07, 6.45) is 0. The number of amides is 1. The summed E-state index contributed by atoms with van der Waals surface area (Å²) in [6, 6.07) is 19.1. The molecule has 7 nitrogen and oxygen atoms in total. The highest BCUT2D eigenvalue weighted by Crippen LogP contribution is 2.40. The van der Waals surface area contributed by atoms with E-state index in [-0.39, 0.29) is 40.0 Å². The molecule has 0 unspecified atom stereocenters. The second-order valence-corrected chi connectivity index (χ2v) is 7.92. The summed E-state index contributed by atoms with van der Waals surface area (Å²) < 4.78 is 5.87. The minimum absolute atomic E-state index is 0.0581. The normalized spacial score (nSPS) is 15.2. The first kappa shape index (κ1) is 20.0. The highest BCUT2D eigenvalue weighted by atomic mass is 35.5. The van der Waals surface area contributed by atoms with Crippen molar-refractivity contribution in [3.8, 4) is 0 Å². The Bertz CT molecular complexity index is 1450. The number of carbonyl (C=O) groups is 1. The monoisotopic (exact) mass is 446 g/mol. The van der Waals surface area contributed by atoms with E-state index in [2.05, 4.69) is 0 Å². The zero-order chi connectivity index (χ0) is 22.4. The molecule has 1 aromatic heterocycles. The Morgan fingerprint density at radius 2 is 1.78 bits per heavy atom. The minimum atomic E-state index is -0.836. The van der Waals surface area contributed by atoms with Crippen molar-refractivity contribution in [2.75, 3.05) is 0 Å². The molecular weight excluding hydrogens is 432 g/mol. The average Bonchev–Trinajstić information content (AvgIpc) is 3.07. The number of hydrogen-bond acceptors (Lipinski definition) is 5. The Hall–Kier alpha value is -3.97. The van der Waals surface area contributed by atoms with Crippen molar-refractivity contribution in [2.45, 2.75) is 12.6 Å². The first-order valence-electron chi connectivity index (χ1n) is 9.79. The molecule has 32 heavy (non-hydrogen) atoms. The Morgan fingerprint density at radius 1 is 1.00 bits per heavy atom. The fraction of sp³-hybridized carbons (Fsp3) is 0.0833. The number of rotatable bonds is 4. The quantitative estimate of drug-likeness (QED) is 0.321. The SMILES string of the molecule is O=C1c2oc3ccc(Cl)cc3c(=O)c2[C@H](c2cccc([N+](=O)[O-])c2)N1Cc1ccccc1. The lowest BCUT2D eigenvalue weighted by Gasteiger charge is -2.25. The molecule has 2 heterocycles. The number of hydrogen-bond donors (Lipinski definition) is 0. The molecule has 0 aliphatic carbocycles. The van der Waals surface area contributed by atoms with Crippen LogP contribution in [0.5, 0.6) is 0 Å². The number of nitro benzene ring substituents is 1. The van der Waals surface area contributed by atoms with Gasteiger partial charge in [0, 0.05) is 23.7 Å². The van der Waals surface area contributed by atoms with Gasteiger partial charge in [-0.2, -0.15) is 0 Å². The molecule has 0 spiro atoms. The van der Waals surface area contributed by atoms with Crippen LogP contribution in [0.15, 0.2) is 82.0 Å². The maximum Gasteiger partial charge on any atom is 0.291 e. The molecule has 1 aliphatic heterocycles. The molecule has 0 fully saturated rings.